The highest BCUT2D eigenvalue weighted by Crippen LogP contribution is 2.33. The molecular formula is C18H21N5O3S2. The van der Waals surface area contributed by atoms with Crippen LogP contribution in [0, 0.1) is 0 Å². The number of benzene rings is 1. The Morgan fingerprint density at radius 2 is 1.93 bits per heavy atom. The lowest BCUT2D eigenvalue weighted by Gasteiger charge is -2.34. The lowest BCUT2D eigenvalue weighted by molar-refractivity contribution is 0.0740. The molecule has 8 nitrogen and oxygen atoms in total. The number of fused-ring (bicyclic) bond motifs is 1. The Morgan fingerprint density at radius 1 is 1.18 bits per heavy atom. The molecule has 0 radical (unpaired) electrons. The van der Waals surface area contributed by atoms with Gasteiger partial charge >= 0.3 is 0 Å². The number of aromatic nitrogens is 3. The first-order valence-corrected chi connectivity index (χ1v) is 11.7. The third-order valence-electron chi connectivity index (χ3n) is 4.79. The van der Waals surface area contributed by atoms with E-state index in [0.29, 0.717) is 37.4 Å². The highest BCUT2D eigenvalue weighted by atomic mass is 32.2. The van der Waals surface area contributed by atoms with Gasteiger partial charge in [0, 0.05) is 45.2 Å². The summed E-state index contributed by atoms with van der Waals surface area (Å²) in [7, 11) is -3.33. The minimum Gasteiger partial charge on any atom is -0.345 e. The monoisotopic (exact) mass is 419 g/mol. The molecule has 0 saturated carbocycles. The van der Waals surface area contributed by atoms with E-state index in [9.17, 15) is 13.2 Å². The number of para-hydroxylation sites is 1. The summed E-state index contributed by atoms with van der Waals surface area (Å²) >= 11 is 1.48. The number of carbonyl (C=O) groups excluding carboxylic acids is 1. The zero-order valence-electron chi connectivity index (χ0n) is 15.7. The number of sulfone groups is 1. The Morgan fingerprint density at radius 3 is 2.57 bits per heavy atom. The molecule has 2 aromatic heterocycles. The maximum atomic E-state index is 12.6. The molecule has 0 spiro atoms. The molecule has 1 aliphatic heterocycles. The van der Waals surface area contributed by atoms with E-state index in [-0.39, 0.29) is 10.8 Å². The minimum atomic E-state index is -3.33. The van der Waals surface area contributed by atoms with Crippen molar-refractivity contribution in [1.82, 2.24) is 19.7 Å². The fourth-order valence-electron chi connectivity index (χ4n) is 3.26. The summed E-state index contributed by atoms with van der Waals surface area (Å²) in [5, 5.41) is 5.07. The van der Waals surface area contributed by atoms with Crippen LogP contribution in [0.15, 0.2) is 35.4 Å². The molecule has 148 valence electrons. The van der Waals surface area contributed by atoms with E-state index in [1.165, 1.54) is 17.6 Å². The Kier molecular flexibility index (Phi) is 4.84. The molecule has 1 aliphatic rings. The molecule has 0 bridgehead atoms. The quantitative estimate of drug-likeness (QED) is 0.642. The lowest BCUT2D eigenvalue weighted by atomic mass is 10.3. The van der Waals surface area contributed by atoms with Gasteiger partial charge in [0.2, 0.25) is 0 Å². The largest absolute Gasteiger partial charge is 0.345 e. The fraction of sp³-hybridized carbons (Fsp3) is 0.389. The van der Waals surface area contributed by atoms with Gasteiger partial charge < -0.3 is 9.80 Å². The number of hydrogen-bond acceptors (Lipinski definition) is 7. The molecule has 3 aromatic rings. The van der Waals surface area contributed by atoms with Crippen LogP contribution in [-0.2, 0) is 16.4 Å². The van der Waals surface area contributed by atoms with E-state index in [0.717, 1.165) is 16.4 Å². The van der Waals surface area contributed by atoms with Gasteiger partial charge in [0.25, 0.3) is 5.91 Å². The van der Waals surface area contributed by atoms with Crippen molar-refractivity contribution in [2.24, 2.45) is 0 Å². The van der Waals surface area contributed by atoms with Crippen molar-refractivity contribution in [1.29, 1.82) is 0 Å². The summed E-state index contributed by atoms with van der Waals surface area (Å²) < 4.78 is 26.6. The lowest BCUT2D eigenvalue weighted by Crippen LogP contribution is -2.48. The van der Waals surface area contributed by atoms with Crippen LogP contribution in [0.25, 0.3) is 10.2 Å². The second kappa shape index (κ2) is 7.17. The van der Waals surface area contributed by atoms with Gasteiger partial charge in [-0.3, -0.25) is 9.48 Å². The van der Waals surface area contributed by atoms with Crippen molar-refractivity contribution in [2.45, 2.75) is 18.4 Å². The standard InChI is InChI=1S/C18H21N5O3S2/c1-3-23-8-7-13(20-23)17(24)21-9-11-22(12-10-21)18-19-16-14(27-18)5-4-6-15(16)28(2,25)26/h4-8H,3,9-12H2,1-2H3. The van der Waals surface area contributed by atoms with Gasteiger partial charge in [-0.25, -0.2) is 13.4 Å². The number of hydrogen-bond donors (Lipinski definition) is 0. The topological polar surface area (TPSA) is 88.4 Å². The van der Waals surface area contributed by atoms with Crippen molar-refractivity contribution < 1.29 is 13.2 Å². The highest BCUT2D eigenvalue weighted by molar-refractivity contribution is 7.91. The van der Waals surface area contributed by atoms with E-state index >= 15 is 0 Å². The van der Waals surface area contributed by atoms with Gasteiger partial charge in [-0.2, -0.15) is 5.10 Å². The molecule has 0 atom stereocenters. The Hall–Kier alpha value is -2.46. The summed E-state index contributed by atoms with van der Waals surface area (Å²) in [6, 6.07) is 6.97. The summed E-state index contributed by atoms with van der Waals surface area (Å²) in [5.74, 6) is -0.0597. The first-order chi connectivity index (χ1) is 13.4. The van der Waals surface area contributed by atoms with Crippen LogP contribution in [0.4, 0.5) is 5.13 Å². The summed E-state index contributed by atoms with van der Waals surface area (Å²) in [6.45, 7) is 5.16. The van der Waals surface area contributed by atoms with Gasteiger partial charge in [-0.05, 0) is 25.1 Å². The molecule has 1 amide bonds. The number of rotatable bonds is 4. The van der Waals surface area contributed by atoms with Crippen molar-refractivity contribution in [3.63, 3.8) is 0 Å². The molecular weight excluding hydrogens is 398 g/mol. The third-order valence-corrected chi connectivity index (χ3v) is 7.00. The molecule has 0 unspecified atom stereocenters. The fourth-order valence-corrected chi connectivity index (χ4v) is 5.20. The molecule has 10 heteroatoms. The maximum Gasteiger partial charge on any atom is 0.274 e. The van der Waals surface area contributed by atoms with E-state index in [1.807, 2.05) is 19.2 Å². The second-order valence-electron chi connectivity index (χ2n) is 6.71. The van der Waals surface area contributed by atoms with Crippen LogP contribution in [0.1, 0.15) is 17.4 Å². The van der Waals surface area contributed by atoms with Gasteiger partial charge in [-0.15, -0.1) is 0 Å². The van der Waals surface area contributed by atoms with Gasteiger partial charge in [0.1, 0.15) is 11.2 Å². The highest BCUT2D eigenvalue weighted by Gasteiger charge is 2.26. The molecule has 28 heavy (non-hydrogen) atoms. The Labute approximate surface area is 167 Å². The zero-order chi connectivity index (χ0) is 19.9. The molecule has 0 N–H and O–H groups in total. The third kappa shape index (κ3) is 3.49. The van der Waals surface area contributed by atoms with Crippen molar-refractivity contribution in [3.8, 4) is 0 Å². The molecule has 0 aliphatic carbocycles. The first kappa shape index (κ1) is 18.9. The predicted molar refractivity (Wildman–Crippen MR) is 109 cm³/mol. The first-order valence-electron chi connectivity index (χ1n) is 9.04. The van der Waals surface area contributed by atoms with Crippen LogP contribution in [0.5, 0.6) is 0 Å². The SMILES string of the molecule is CCn1ccc(C(=O)N2CCN(c3nc4c(S(C)(=O)=O)cccc4s3)CC2)n1. The zero-order valence-corrected chi connectivity index (χ0v) is 17.3. The van der Waals surface area contributed by atoms with Crippen LogP contribution in [0.2, 0.25) is 0 Å². The van der Waals surface area contributed by atoms with Crippen molar-refractivity contribution in [2.75, 3.05) is 37.3 Å². The minimum absolute atomic E-state index is 0.0597. The van der Waals surface area contributed by atoms with E-state index in [2.05, 4.69) is 15.0 Å². The molecule has 1 saturated heterocycles. The predicted octanol–water partition coefficient (Wildman–Crippen LogP) is 1.88. The number of amides is 1. The average molecular weight is 420 g/mol. The normalized spacial score (nSPS) is 15.4. The van der Waals surface area contributed by atoms with Gasteiger partial charge in [-0.1, -0.05) is 17.4 Å². The molecule has 1 aromatic carbocycles. The van der Waals surface area contributed by atoms with Gasteiger partial charge in [0.05, 0.1) is 9.60 Å². The van der Waals surface area contributed by atoms with E-state index in [1.54, 1.807) is 27.8 Å². The molecule has 4 rings (SSSR count). The number of anilines is 1. The Bertz CT molecular complexity index is 1130. The summed E-state index contributed by atoms with van der Waals surface area (Å²) in [6.07, 6.45) is 3.01. The molecule has 1 fully saturated rings. The van der Waals surface area contributed by atoms with Crippen LogP contribution in [0.3, 0.4) is 0 Å². The smallest absolute Gasteiger partial charge is 0.274 e. The number of piperazine rings is 1. The van der Waals surface area contributed by atoms with Crippen LogP contribution >= 0.6 is 11.3 Å². The maximum absolute atomic E-state index is 12.6. The number of aryl methyl sites for hydroxylation is 1. The second-order valence-corrected chi connectivity index (χ2v) is 9.70. The summed E-state index contributed by atoms with van der Waals surface area (Å²) in [4.78, 5) is 21.4. The van der Waals surface area contributed by atoms with E-state index in [4.69, 9.17) is 0 Å². The van der Waals surface area contributed by atoms with Crippen LogP contribution < -0.4 is 4.90 Å². The van der Waals surface area contributed by atoms with Crippen molar-refractivity contribution >= 4 is 42.4 Å². The molecule has 3 heterocycles. The Balaban J connectivity index is 1.50. The average Bonchev–Trinajstić information content (AvgIpc) is 3.33. The van der Waals surface area contributed by atoms with E-state index < -0.39 is 9.84 Å². The van der Waals surface area contributed by atoms with Crippen LogP contribution in [-0.4, -0.2) is 66.4 Å². The number of carbonyl (C=O) groups is 1. The number of nitrogens with zero attached hydrogens (tertiary/aromatic N) is 5. The van der Waals surface area contributed by atoms with Gasteiger partial charge in [0.15, 0.2) is 15.0 Å². The summed E-state index contributed by atoms with van der Waals surface area (Å²) in [5.41, 5.74) is 0.988. The van der Waals surface area contributed by atoms with Crippen molar-refractivity contribution in [3.05, 3.63) is 36.2 Å². The number of thiazole rings is 1.